The summed E-state index contributed by atoms with van der Waals surface area (Å²) in [4.78, 5) is 19.5. The minimum absolute atomic E-state index is 0.0112. The van der Waals surface area contributed by atoms with Gasteiger partial charge >= 0.3 is 0 Å². The maximum atomic E-state index is 13.2. The molecule has 1 N–H and O–H groups in total. The predicted molar refractivity (Wildman–Crippen MR) is 101 cm³/mol. The first-order valence-corrected chi connectivity index (χ1v) is 9.55. The molecule has 5 nitrogen and oxygen atoms in total. The number of rotatable bonds is 1. The summed E-state index contributed by atoms with van der Waals surface area (Å²) < 4.78 is 5.94. The second kappa shape index (κ2) is 6.80. The summed E-state index contributed by atoms with van der Waals surface area (Å²) in [6.45, 7) is 3.73. The SMILES string of the molecule is Cc1cc(C(=O)N2CCC3(CC2)OCCCC3O)c2cccc(Cl)c2n1. The number of aliphatic hydroxyl groups excluding tert-OH is 1. The number of amides is 1. The number of halogens is 1. The lowest BCUT2D eigenvalue weighted by molar-refractivity contribution is -0.174. The van der Waals surface area contributed by atoms with Crippen molar-refractivity contribution in [3.63, 3.8) is 0 Å². The molecule has 0 bridgehead atoms. The van der Waals surface area contributed by atoms with Crippen LogP contribution < -0.4 is 0 Å². The van der Waals surface area contributed by atoms with Crippen LogP contribution >= 0.6 is 11.6 Å². The van der Waals surface area contributed by atoms with Crippen LogP contribution in [0.4, 0.5) is 0 Å². The molecule has 1 unspecified atom stereocenters. The van der Waals surface area contributed by atoms with Gasteiger partial charge in [0.05, 0.1) is 27.8 Å². The first-order valence-electron chi connectivity index (χ1n) is 9.17. The van der Waals surface area contributed by atoms with Gasteiger partial charge in [-0.2, -0.15) is 0 Å². The lowest BCUT2D eigenvalue weighted by Gasteiger charge is -2.46. The first kappa shape index (κ1) is 17.7. The molecule has 2 fully saturated rings. The Labute approximate surface area is 157 Å². The summed E-state index contributed by atoms with van der Waals surface area (Å²) in [5.74, 6) is -0.0112. The largest absolute Gasteiger partial charge is 0.390 e. The molecule has 0 saturated carbocycles. The van der Waals surface area contributed by atoms with Crippen molar-refractivity contribution in [3.05, 3.63) is 40.5 Å². The van der Waals surface area contributed by atoms with Gasteiger partial charge in [0.25, 0.3) is 5.91 Å². The molecular weight excluding hydrogens is 352 g/mol. The molecule has 1 aromatic carbocycles. The fourth-order valence-electron chi connectivity index (χ4n) is 4.17. The number of fused-ring (bicyclic) bond motifs is 1. The number of carbonyl (C=O) groups is 1. The van der Waals surface area contributed by atoms with Crippen molar-refractivity contribution in [2.24, 2.45) is 0 Å². The van der Waals surface area contributed by atoms with Crippen molar-refractivity contribution < 1.29 is 14.6 Å². The van der Waals surface area contributed by atoms with Crippen LogP contribution in [-0.2, 0) is 4.74 Å². The van der Waals surface area contributed by atoms with Crippen molar-refractivity contribution >= 4 is 28.4 Å². The summed E-state index contributed by atoms with van der Waals surface area (Å²) in [6.07, 6.45) is 2.58. The van der Waals surface area contributed by atoms with E-state index in [0.29, 0.717) is 48.6 Å². The highest BCUT2D eigenvalue weighted by Gasteiger charge is 2.44. The number of aryl methyl sites for hydroxylation is 1. The summed E-state index contributed by atoms with van der Waals surface area (Å²) in [5, 5.41) is 11.7. The second-order valence-electron chi connectivity index (χ2n) is 7.31. The van der Waals surface area contributed by atoms with Crippen LogP contribution in [0.25, 0.3) is 10.9 Å². The van der Waals surface area contributed by atoms with Gasteiger partial charge in [-0.25, -0.2) is 0 Å². The van der Waals surface area contributed by atoms with Crippen LogP contribution in [-0.4, -0.2) is 52.3 Å². The van der Waals surface area contributed by atoms with Gasteiger partial charge in [-0.05, 0) is 44.7 Å². The number of pyridine rings is 1. The Balaban J connectivity index is 1.60. The smallest absolute Gasteiger partial charge is 0.254 e. The van der Waals surface area contributed by atoms with Gasteiger partial charge in [0.2, 0.25) is 0 Å². The number of para-hydroxylation sites is 1. The molecule has 3 heterocycles. The number of ether oxygens (including phenoxy) is 1. The van der Waals surface area contributed by atoms with Gasteiger partial charge in [0.1, 0.15) is 0 Å². The zero-order valence-corrected chi connectivity index (χ0v) is 15.6. The summed E-state index contributed by atoms with van der Waals surface area (Å²) in [6, 6.07) is 7.35. The maximum absolute atomic E-state index is 13.2. The van der Waals surface area contributed by atoms with Crippen LogP contribution in [0.1, 0.15) is 41.7 Å². The Morgan fingerprint density at radius 3 is 2.88 bits per heavy atom. The molecule has 2 aliphatic heterocycles. The van der Waals surface area contributed by atoms with Gasteiger partial charge in [0.15, 0.2) is 0 Å². The average Bonchev–Trinajstić information content (AvgIpc) is 2.65. The molecule has 1 amide bonds. The monoisotopic (exact) mass is 374 g/mol. The van der Waals surface area contributed by atoms with Gasteiger partial charge in [-0.1, -0.05) is 23.7 Å². The lowest BCUT2D eigenvalue weighted by Crippen LogP contribution is -2.56. The van der Waals surface area contributed by atoms with Crippen LogP contribution in [0.15, 0.2) is 24.3 Å². The summed E-state index contributed by atoms with van der Waals surface area (Å²) >= 11 is 6.27. The number of hydrogen-bond acceptors (Lipinski definition) is 4. The number of benzene rings is 1. The molecule has 26 heavy (non-hydrogen) atoms. The minimum Gasteiger partial charge on any atom is -0.390 e. The standard InChI is InChI=1S/C20H23ClN2O3/c1-13-12-15(14-4-2-5-16(21)18(14)22-13)19(25)23-9-7-20(8-10-23)17(24)6-3-11-26-20/h2,4-5,12,17,24H,3,6-11H2,1H3. The van der Waals surface area contributed by atoms with Crippen molar-refractivity contribution in [1.82, 2.24) is 9.88 Å². The topological polar surface area (TPSA) is 62.7 Å². The number of likely N-dealkylation sites (tertiary alicyclic amines) is 1. The lowest BCUT2D eigenvalue weighted by atomic mass is 9.82. The van der Waals surface area contributed by atoms with Gasteiger partial charge in [0, 0.05) is 30.8 Å². The second-order valence-corrected chi connectivity index (χ2v) is 7.72. The van der Waals surface area contributed by atoms with E-state index >= 15 is 0 Å². The van der Waals surface area contributed by atoms with Gasteiger partial charge in [-0.15, -0.1) is 0 Å². The Hall–Kier alpha value is -1.69. The van der Waals surface area contributed by atoms with Crippen molar-refractivity contribution in [2.75, 3.05) is 19.7 Å². The zero-order chi connectivity index (χ0) is 18.3. The minimum atomic E-state index is -0.478. The van der Waals surface area contributed by atoms with Crippen molar-refractivity contribution in [2.45, 2.75) is 44.3 Å². The normalized spacial score (nSPS) is 22.7. The Kier molecular flexibility index (Phi) is 4.63. The molecule has 2 saturated heterocycles. The van der Waals surface area contributed by atoms with E-state index in [2.05, 4.69) is 4.98 Å². The highest BCUT2D eigenvalue weighted by Crippen LogP contribution is 2.36. The number of piperidine rings is 1. The molecule has 1 spiro atoms. The van der Waals surface area contributed by atoms with Gasteiger partial charge < -0.3 is 14.7 Å². The fraction of sp³-hybridized carbons (Fsp3) is 0.500. The molecular formula is C20H23ClN2O3. The van der Waals surface area contributed by atoms with E-state index in [0.717, 1.165) is 23.9 Å². The maximum Gasteiger partial charge on any atom is 0.254 e. The number of aromatic nitrogens is 1. The van der Waals surface area contributed by atoms with Crippen LogP contribution in [0.2, 0.25) is 5.02 Å². The number of aliphatic hydroxyl groups is 1. The molecule has 1 aromatic heterocycles. The predicted octanol–water partition coefficient (Wildman–Crippen LogP) is 3.34. The summed E-state index contributed by atoms with van der Waals surface area (Å²) in [5.41, 5.74) is 1.59. The quantitative estimate of drug-likeness (QED) is 0.831. The van der Waals surface area contributed by atoms with Crippen LogP contribution in [0, 0.1) is 6.92 Å². The third kappa shape index (κ3) is 2.98. The third-order valence-electron chi connectivity index (χ3n) is 5.66. The first-order chi connectivity index (χ1) is 12.5. The Morgan fingerprint density at radius 1 is 1.38 bits per heavy atom. The zero-order valence-electron chi connectivity index (χ0n) is 14.9. The van der Waals surface area contributed by atoms with E-state index in [1.165, 1.54) is 0 Å². The third-order valence-corrected chi connectivity index (χ3v) is 5.97. The van der Waals surface area contributed by atoms with Gasteiger partial charge in [-0.3, -0.25) is 9.78 Å². The highest BCUT2D eigenvalue weighted by molar-refractivity contribution is 6.35. The van der Waals surface area contributed by atoms with E-state index in [-0.39, 0.29) is 5.91 Å². The number of carbonyl (C=O) groups excluding carboxylic acids is 1. The van der Waals surface area contributed by atoms with Crippen LogP contribution in [0.5, 0.6) is 0 Å². The summed E-state index contributed by atoms with van der Waals surface area (Å²) in [7, 11) is 0. The molecule has 4 rings (SSSR count). The molecule has 6 heteroatoms. The number of hydrogen-bond donors (Lipinski definition) is 1. The van der Waals surface area contributed by atoms with Crippen molar-refractivity contribution in [3.8, 4) is 0 Å². The van der Waals surface area contributed by atoms with Crippen molar-refractivity contribution in [1.29, 1.82) is 0 Å². The molecule has 138 valence electrons. The Bertz CT molecular complexity index is 846. The van der Waals surface area contributed by atoms with E-state index in [1.54, 1.807) is 6.07 Å². The van der Waals surface area contributed by atoms with E-state index in [1.807, 2.05) is 30.0 Å². The van der Waals surface area contributed by atoms with E-state index in [9.17, 15) is 9.90 Å². The average molecular weight is 375 g/mol. The number of nitrogens with zero attached hydrogens (tertiary/aromatic N) is 2. The van der Waals surface area contributed by atoms with Crippen LogP contribution in [0.3, 0.4) is 0 Å². The molecule has 0 radical (unpaired) electrons. The Morgan fingerprint density at radius 2 is 2.15 bits per heavy atom. The highest BCUT2D eigenvalue weighted by atomic mass is 35.5. The molecule has 2 aliphatic rings. The fourth-order valence-corrected chi connectivity index (χ4v) is 4.38. The molecule has 2 aromatic rings. The molecule has 0 aliphatic carbocycles. The van der Waals surface area contributed by atoms with E-state index < -0.39 is 11.7 Å². The molecule has 1 atom stereocenters. The van der Waals surface area contributed by atoms with E-state index in [4.69, 9.17) is 16.3 Å².